The summed E-state index contributed by atoms with van der Waals surface area (Å²) in [6, 6.07) is 15.6. The van der Waals surface area contributed by atoms with E-state index in [1.807, 2.05) is 62.4 Å². The van der Waals surface area contributed by atoms with Gasteiger partial charge in [-0.1, -0.05) is 57.2 Å². The highest BCUT2D eigenvalue weighted by Gasteiger charge is 2.18. The summed E-state index contributed by atoms with van der Waals surface area (Å²) in [5, 5.41) is 2.83. The van der Waals surface area contributed by atoms with Crippen LogP contribution in [0.1, 0.15) is 38.3 Å². The number of rotatable bonds is 11. The molecule has 0 saturated carbocycles. The highest BCUT2D eigenvalue weighted by atomic mass is 16.5. The number of hydrogen-bond donors (Lipinski definition) is 1. The van der Waals surface area contributed by atoms with Crippen LogP contribution in [-0.2, 0) is 22.7 Å². The van der Waals surface area contributed by atoms with Gasteiger partial charge in [-0.15, -0.1) is 0 Å². The second-order valence-corrected chi connectivity index (χ2v) is 7.38. The molecule has 2 aromatic rings. The molecule has 0 aliphatic carbocycles. The number of benzene rings is 2. The van der Waals surface area contributed by atoms with Gasteiger partial charge >= 0.3 is 0 Å². The molecule has 162 valence electrons. The topological polar surface area (TPSA) is 67.9 Å². The molecule has 6 nitrogen and oxygen atoms in total. The van der Waals surface area contributed by atoms with Gasteiger partial charge in [0.15, 0.2) is 11.5 Å². The predicted molar refractivity (Wildman–Crippen MR) is 117 cm³/mol. The fourth-order valence-corrected chi connectivity index (χ4v) is 2.97. The van der Waals surface area contributed by atoms with E-state index < -0.39 is 0 Å². The normalized spacial score (nSPS) is 10.6. The molecule has 2 aromatic carbocycles. The van der Waals surface area contributed by atoms with E-state index in [-0.39, 0.29) is 17.7 Å². The van der Waals surface area contributed by atoms with Crippen molar-refractivity contribution < 1.29 is 19.1 Å². The van der Waals surface area contributed by atoms with Gasteiger partial charge in [-0.05, 0) is 23.3 Å². The lowest BCUT2D eigenvalue weighted by atomic mass is 10.1. The van der Waals surface area contributed by atoms with E-state index in [0.29, 0.717) is 44.2 Å². The van der Waals surface area contributed by atoms with E-state index in [2.05, 4.69) is 5.32 Å². The molecule has 0 heterocycles. The molecule has 0 radical (unpaired) electrons. The first-order chi connectivity index (χ1) is 14.4. The Morgan fingerprint density at radius 1 is 1.03 bits per heavy atom. The van der Waals surface area contributed by atoms with Gasteiger partial charge in [0.05, 0.1) is 7.11 Å². The summed E-state index contributed by atoms with van der Waals surface area (Å²) in [6.07, 6.45) is 0.430. The van der Waals surface area contributed by atoms with Crippen LogP contribution in [-0.4, -0.2) is 36.9 Å². The highest BCUT2D eigenvalue weighted by molar-refractivity contribution is 5.78. The second-order valence-electron chi connectivity index (χ2n) is 7.38. The van der Waals surface area contributed by atoms with Gasteiger partial charge < -0.3 is 19.7 Å². The molecule has 0 saturated heterocycles. The molecule has 2 amide bonds. The summed E-state index contributed by atoms with van der Waals surface area (Å²) in [4.78, 5) is 25.9. The largest absolute Gasteiger partial charge is 0.493 e. The smallest absolute Gasteiger partial charge is 0.225 e. The van der Waals surface area contributed by atoms with Gasteiger partial charge in [-0.2, -0.15) is 0 Å². The Hall–Kier alpha value is -3.02. The van der Waals surface area contributed by atoms with Crippen molar-refractivity contribution in [3.63, 3.8) is 0 Å². The van der Waals surface area contributed by atoms with Crippen LogP contribution in [0, 0.1) is 5.92 Å². The average Bonchev–Trinajstić information content (AvgIpc) is 2.77. The van der Waals surface area contributed by atoms with Gasteiger partial charge in [0.2, 0.25) is 11.8 Å². The molecule has 0 bridgehead atoms. The molecular weight excluding hydrogens is 380 g/mol. The van der Waals surface area contributed by atoms with Crippen LogP contribution < -0.4 is 14.8 Å². The molecule has 0 unspecified atom stereocenters. The quantitative estimate of drug-likeness (QED) is 0.610. The lowest BCUT2D eigenvalue weighted by Crippen LogP contribution is -2.39. The molecule has 0 spiro atoms. The van der Waals surface area contributed by atoms with Crippen molar-refractivity contribution in [3.05, 3.63) is 59.7 Å². The third kappa shape index (κ3) is 7.10. The van der Waals surface area contributed by atoms with Crippen LogP contribution >= 0.6 is 0 Å². The minimum Gasteiger partial charge on any atom is -0.493 e. The first-order valence-corrected chi connectivity index (χ1v) is 10.3. The number of carbonyl (C=O) groups is 2. The Morgan fingerprint density at radius 3 is 2.40 bits per heavy atom. The van der Waals surface area contributed by atoms with Crippen LogP contribution in [0.5, 0.6) is 11.5 Å². The van der Waals surface area contributed by atoms with Crippen molar-refractivity contribution in [3.8, 4) is 11.5 Å². The standard InChI is InChI=1S/C24H32N2O4/c1-5-23(27)25-13-14-26(24(28)18(2)3)16-20-11-12-21(22(15-20)29-4)30-17-19-9-7-6-8-10-19/h6-12,15,18H,5,13-14,16-17H2,1-4H3,(H,25,27). The number of carbonyl (C=O) groups excluding carboxylic acids is 2. The zero-order valence-corrected chi connectivity index (χ0v) is 18.3. The Balaban J connectivity index is 2.07. The maximum absolute atomic E-state index is 12.6. The zero-order valence-electron chi connectivity index (χ0n) is 18.3. The van der Waals surface area contributed by atoms with E-state index in [1.165, 1.54) is 0 Å². The van der Waals surface area contributed by atoms with Crippen LogP contribution in [0.25, 0.3) is 0 Å². The second kappa shape index (κ2) is 11.9. The Kier molecular flexibility index (Phi) is 9.19. The van der Waals surface area contributed by atoms with Crippen LogP contribution in [0.3, 0.4) is 0 Å². The summed E-state index contributed by atoms with van der Waals surface area (Å²) in [6.45, 7) is 7.33. The molecule has 2 rings (SSSR count). The maximum Gasteiger partial charge on any atom is 0.225 e. The lowest BCUT2D eigenvalue weighted by molar-refractivity contribution is -0.135. The molecule has 0 fully saturated rings. The lowest BCUT2D eigenvalue weighted by Gasteiger charge is -2.25. The van der Waals surface area contributed by atoms with E-state index in [0.717, 1.165) is 11.1 Å². The zero-order chi connectivity index (χ0) is 21.9. The van der Waals surface area contributed by atoms with Crippen LogP contribution in [0.15, 0.2) is 48.5 Å². The minimum atomic E-state index is -0.123. The number of methoxy groups -OCH3 is 1. The molecule has 6 heteroatoms. The van der Waals surface area contributed by atoms with Gasteiger partial charge in [0.25, 0.3) is 0 Å². The predicted octanol–water partition coefficient (Wildman–Crippen LogP) is 3.79. The Labute approximate surface area is 179 Å². The average molecular weight is 413 g/mol. The fraction of sp³-hybridized carbons (Fsp3) is 0.417. The number of ether oxygens (including phenoxy) is 2. The summed E-state index contributed by atoms with van der Waals surface area (Å²) >= 11 is 0. The summed E-state index contributed by atoms with van der Waals surface area (Å²) in [5.41, 5.74) is 2.01. The van der Waals surface area contributed by atoms with Crippen molar-refractivity contribution in [1.29, 1.82) is 0 Å². The first kappa shape index (κ1) is 23.3. The monoisotopic (exact) mass is 412 g/mol. The molecule has 30 heavy (non-hydrogen) atoms. The SMILES string of the molecule is CCC(=O)NCCN(Cc1ccc(OCc2ccccc2)c(OC)c1)C(=O)C(C)C. The Morgan fingerprint density at radius 2 is 1.77 bits per heavy atom. The first-order valence-electron chi connectivity index (χ1n) is 10.3. The van der Waals surface area contributed by atoms with Crippen LogP contribution in [0.2, 0.25) is 0 Å². The molecular formula is C24H32N2O4. The van der Waals surface area contributed by atoms with Crippen molar-refractivity contribution in [1.82, 2.24) is 10.2 Å². The molecule has 0 atom stereocenters. The van der Waals surface area contributed by atoms with E-state index in [9.17, 15) is 9.59 Å². The van der Waals surface area contributed by atoms with Crippen molar-refractivity contribution in [2.24, 2.45) is 5.92 Å². The van der Waals surface area contributed by atoms with E-state index >= 15 is 0 Å². The third-order valence-electron chi connectivity index (χ3n) is 4.67. The number of amides is 2. The summed E-state index contributed by atoms with van der Waals surface area (Å²) < 4.78 is 11.4. The number of nitrogens with one attached hydrogen (secondary N) is 1. The third-order valence-corrected chi connectivity index (χ3v) is 4.67. The molecule has 1 N–H and O–H groups in total. The fourth-order valence-electron chi connectivity index (χ4n) is 2.97. The molecule has 0 aliphatic rings. The van der Waals surface area contributed by atoms with Crippen molar-refractivity contribution in [2.75, 3.05) is 20.2 Å². The van der Waals surface area contributed by atoms with E-state index in [1.54, 1.807) is 18.9 Å². The number of nitrogens with zero attached hydrogens (tertiary/aromatic N) is 1. The van der Waals surface area contributed by atoms with E-state index in [4.69, 9.17) is 9.47 Å². The summed E-state index contributed by atoms with van der Waals surface area (Å²) in [5.74, 6) is 1.18. The van der Waals surface area contributed by atoms with Crippen LogP contribution in [0.4, 0.5) is 0 Å². The Bertz CT molecular complexity index is 821. The molecule has 0 aromatic heterocycles. The molecule has 0 aliphatic heterocycles. The van der Waals surface area contributed by atoms with Gasteiger partial charge in [0, 0.05) is 32.0 Å². The van der Waals surface area contributed by atoms with Gasteiger partial charge in [-0.25, -0.2) is 0 Å². The maximum atomic E-state index is 12.6. The summed E-state index contributed by atoms with van der Waals surface area (Å²) in [7, 11) is 1.60. The minimum absolute atomic E-state index is 0.0199. The highest BCUT2D eigenvalue weighted by Crippen LogP contribution is 2.29. The van der Waals surface area contributed by atoms with Crippen molar-refractivity contribution in [2.45, 2.75) is 40.3 Å². The van der Waals surface area contributed by atoms with Gasteiger partial charge in [0.1, 0.15) is 6.61 Å². The van der Waals surface area contributed by atoms with Crippen molar-refractivity contribution >= 4 is 11.8 Å². The number of hydrogen-bond acceptors (Lipinski definition) is 4. The van der Waals surface area contributed by atoms with Gasteiger partial charge in [-0.3, -0.25) is 9.59 Å².